The van der Waals surface area contributed by atoms with Crippen molar-refractivity contribution in [1.29, 1.82) is 5.26 Å². The zero-order valence-corrected chi connectivity index (χ0v) is 13.5. The van der Waals surface area contributed by atoms with Crippen LogP contribution >= 0.6 is 0 Å². The summed E-state index contributed by atoms with van der Waals surface area (Å²) < 4.78 is 25.5. The number of benzene rings is 1. The molecule has 6 heteroatoms. The van der Waals surface area contributed by atoms with Gasteiger partial charge in [0, 0.05) is 37.5 Å². The third-order valence-corrected chi connectivity index (χ3v) is 4.87. The van der Waals surface area contributed by atoms with Crippen molar-refractivity contribution in [3.63, 3.8) is 0 Å². The lowest BCUT2D eigenvalue weighted by Crippen LogP contribution is -2.45. The van der Waals surface area contributed by atoms with Gasteiger partial charge in [-0.1, -0.05) is 0 Å². The summed E-state index contributed by atoms with van der Waals surface area (Å²) in [5, 5.41) is 10.2. The Labute approximate surface area is 139 Å². The highest BCUT2D eigenvalue weighted by molar-refractivity contribution is 5.96. The molecule has 0 radical (unpaired) electrons. The summed E-state index contributed by atoms with van der Waals surface area (Å²) in [7, 11) is 0. The highest BCUT2D eigenvalue weighted by atomic mass is 19.1. The molecular formula is C18H18FN3O2. The van der Waals surface area contributed by atoms with Crippen LogP contribution in [0.5, 0.6) is 0 Å². The molecule has 1 aromatic heterocycles. The van der Waals surface area contributed by atoms with Gasteiger partial charge in [0.05, 0.1) is 30.0 Å². The van der Waals surface area contributed by atoms with Crippen molar-refractivity contribution in [2.45, 2.75) is 25.6 Å². The highest BCUT2D eigenvalue weighted by Crippen LogP contribution is 2.37. The normalized spacial score (nSPS) is 19.8. The van der Waals surface area contributed by atoms with Crippen molar-refractivity contribution in [2.75, 3.05) is 31.2 Å². The Hall–Kier alpha value is -2.23. The SMILES string of the molecule is Cc1cc(F)cc2c(N3CCC4(CC3)OCCO4)c(C#N)cnc12. The standard InChI is InChI=1S/C18H18FN3O2/c1-12-8-14(19)9-15-16(12)21-11-13(10-20)17(15)22-4-2-18(3-5-22)23-6-7-24-18/h8-9,11H,2-7H2,1H3. The molecule has 0 N–H and O–H groups in total. The van der Waals surface area contributed by atoms with Crippen LogP contribution in [-0.2, 0) is 9.47 Å². The van der Waals surface area contributed by atoms with E-state index >= 15 is 0 Å². The Morgan fingerprint density at radius 2 is 1.96 bits per heavy atom. The van der Waals surface area contributed by atoms with E-state index < -0.39 is 5.79 Å². The Kier molecular flexibility index (Phi) is 3.63. The Bertz CT molecular complexity index is 830. The molecule has 2 saturated heterocycles. The predicted molar refractivity (Wildman–Crippen MR) is 87.2 cm³/mol. The van der Waals surface area contributed by atoms with Crippen molar-refractivity contribution in [3.8, 4) is 6.07 Å². The third-order valence-electron chi connectivity index (χ3n) is 4.87. The first-order chi connectivity index (χ1) is 11.6. The monoisotopic (exact) mass is 327 g/mol. The number of aromatic nitrogens is 1. The lowest BCUT2D eigenvalue weighted by atomic mass is 9.99. The van der Waals surface area contributed by atoms with Gasteiger partial charge in [-0.3, -0.25) is 4.98 Å². The van der Waals surface area contributed by atoms with Gasteiger partial charge in [-0.15, -0.1) is 0 Å². The van der Waals surface area contributed by atoms with Crippen molar-refractivity contribution >= 4 is 16.6 Å². The smallest absolute Gasteiger partial charge is 0.171 e. The van der Waals surface area contributed by atoms with Crippen LogP contribution in [0.1, 0.15) is 24.0 Å². The van der Waals surface area contributed by atoms with Crippen LogP contribution < -0.4 is 4.90 Å². The molecule has 24 heavy (non-hydrogen) atoms. The number of nitriles is 1. The quantitative estimate of drug-likeness (QED) is 0.806. The van der Waals surface area contributed by atoms with Crippen molar-refractivity contribution in [2.24, 2.45) is 0 Å². The Morgan fingerprint density at radius 3 is 2.62 bits per heavy atom. The maximum Gasteiger partial charge on any atom is 0.171 e. The van der Waals surface area contributed by atoms with Gasteiger partial charge in [0.1, 0.15) is 11.9 Å². The predicted octanol–water partition coefficient (Wildman–Crippen LogP) is 2.90. The Morgan fingerprint density at radius 1 is 1.25 bits per heavy atom. The number of halogens is 1. The molecule has 5 nitrogen and oxygen atoms in total. The molecule has 2 aliphatic rings. The second-order valence-corrected chi connectivity index (χ2v) is 6.35. The Balaban J connectivity index is 1.77. The van der Waals surface area contributed by atoms with Crippen molar-refractivity contribution < 1.29 is 13.9 Å². The van der Waals surface area contributed by atoms with Crippen LogP contribution in [0.25, 0.3) is 10.9 Å². The topological polar surface area (TPSA) is 58.4 Å². The van der Waals surface area contributed by atoms with Gasteiger partial charge in [0.15, 0.2) is 5.79 Å². The average molecular weight is 327 g/mol. The van der Waals surface area contributed by atoms with Gasteiger partial charge in [0.2, 0.25) is 0 Å². The third kappa shape index (κ3) is 2.41. The van der Waals surface area contributed by atoms with Gasteiger partial charge in [-0.25, -0.2) is 4.39 Å². The minimum atomic E-state index is -0.479. The summed E-state index contributed by atoms with van der Waals surface area (Å²) in [4.78, 5) is 6.48. The molecule has 0 unspecified atom stereocenters. The van der Waals surface area contributed by atoms with Gasteiger partial charge >= 0.3 is 0 Å². The number of piperidine rings is 1. The number of ether oxygens (including phenoxy) is 2. The van der Waals surface area contributed by atoms with Crippen LogP contribution in [0.15, 0.2) is 18.3 Å². The number of rotatable bonds is 1. The lowest BCUT2D eigenvalue weighted by Gasteiger charge is -2.39. The van der Waals surface area contributed by atoms with Crippen LogP contribution in [0.4, 0.5) is 10.1 Å². The van der Waals surface area contributed by atoms with Crippen LogP contribution in [0.2, 0.25) is 0 Å². The molecule has 2 aromatic rings. The van der Waals surface area contributed by atoms with E-state index in [1.165, 1.54) is 12.1 Å². The van der Waals surface area contributed by atoms with Crippen LogP contribution in [0, 0.1) is 24.1 Å². The number of hydrogen-bond acceptors (Lipinski definition) is 5. The lowest BCUT2D eigenvalue weighted by molar-refractivity contribution is -0.169. The minimum absolute atomic E-state index is 0.311. The number of nitrogens with zero attached hydrogens (tertiary/aromatic N) is 3. The summed E-state index contributed by atoms with van der Waals surface area (Å²) in [6.45, 7) is 4.49. The number of anilines is 1. The zero-order valence-electron chi connectivity index (χ0n) is 13.5. The van der Waals surface area contributed by atoms with Crippen LogP contribution in [0.3, 0.4) is 0 Å². The molecule has 0 bridgehead atoms. The molecule has 1 spiro atoms. The first kappa shape index (κ1) is 15.3. The summed E-state index contributed by atoms with van der Waals surface area (Å²) >= 11 is 0. The zero-order chi connectivity index (χ0) is 16.7. The molecule has 0 atom stereocenters. The molecule has 0 aliphatic carbocycles. The van der Waals surface area contributed by atoms with E-state index in [1.807, 2.05) is 6.92 Å². The van der Waals surface area contributed by atoms with E-state index in [0.29, 0.717) is 37.3 Å². The van der Waals surface area contributed by atoms with Crippen molar-refractivity contribution in [3.05, 3.63) is 35.3 Å². The molecular weight excluding hydrogens is 309 g/mol. The minimum Gasteiger partial charge on any atom is -0.369 e. The number of fused-ring (bicyclic) bond motifs is 1. The second-order valence-electron chi connectivity index (χ2n) is 6.35. The number of pyridine rings is 1. The second kappa shape index (κ2) is 5.69. The molecule has 4 rings (SSSR count). The molecule has 1 aromatic carbocycles. The molecule has 124 valence electrons. The van der Waals surface area contributed by atoms with Crippen LogP contribution in [-0.4, -0.2) is 37.1 Å². The van der Waals surface area contributed by atoms with E-state index in [4.69, 9.17) is 9.47 Å². The maximum absolute atomic E-state index is 14.0. The molecule has 0 amide bonds. The fraction of sp³-hybridized carbons (Fsp3) is 0.444. The summed E-state index contributed by atoms with van der Waals surface area (Å²) in [6, 6.07) is 5.14. The number of aryl methyl sites for hydroxylation is 1. The van der Waals surface area contributed by atoms with E-state index in [1.54, 1.807) is 6.20 Å². The number of hydrogen-bond donors (Lipinski definition) is 0. The fourth-order valence-corrected chi connectivity index (χ4v) is 3.70. The molecule has 2 fully saturated rings. The van der Waals surface area contributed by atoms with Gasteiger partial charge in [-0.2, -0.15) is 5.26 Å². The van der Waals surface area contributed by atoms with Gasteiger partial charge < -0.3 is 14.4 Å². The summed E-state index contributed by atoms with van der Waals surface area (Å²) in [6.07, 6.45) is 3.04. The fourth-order valence-electron chi connectivity index (χ4n) is 3.70. The van der Waals surface area contributed by atoms with Gasteiger partial charge in [-0.05, 0) is 24.6 Å². The highest BCUT2D eigenvalue weighted by Gasteiger charge is 2.40. The van der Waals surface area contributed by atoms with Crippen molar-refractivity contribution in [1.82, 2.24) is 4.98 Å². The summed E-state index contributed by atoms with van der Waals surface area (Å²) in [5.41, 5.74) is 2.74. The molecule has 2 aliphatic heterocycles. The first-order valence-corrected chi connectivity index (χ1v) is 8.14. The van der Waals surface area contributed by atoms with E-state index in [-0.39, 0.29) is 5.82 Å². The molecule has 3 heterocycles. The average Bonchev–Trinajstić information content (AvgIpc) is 3.03. The largest absolute Gasteiger partial charge is 0.369 e. The maximum atomic E-state index is 14.0. The van der Waals surface area contributed by atoms with E-state index in [9.17, 15) is 9.65 Å². The first-order valence-electron chi connectivity index (χ1n) is 8.14. The molecule has 0 saturated carbocycles. The van der Waals surface area contributed by atoms with E-state index in [0.717, 1.165) is 29.6 Å². The van der Waals surface area contributed by atoms with E-state index in [2.05, 4.69) is 16.0 Å². The van der Waals surface area contributed by atoms with Gasteiger partial charge in [0.25, 0.3) is 0 Å². The summed E-state index contributed by atoms with van der Waals surface area (Å²) in [5.74, 6) is -0.790.